The second-order valence-corrected chi connectivity index (χ2v) is 7.90. The number of fused-ring (bicyclic) bond motifs is 1. The van der Waals surface area contributed by atoms with Gasteiger partial charge in [0.15, 0.2) is 6.61 Å². The maximum Gasteiger partial charge on any atom is 0.308 e. The number of halogens is 1. The zero-order valence-corrected chi connectivity index (χ0v) is 17.0. The minimum absolute atomic E-state index is 0.0156. The predicted molar refractivity (Wildman–Crippen MR) is 106 cm³/mol. The zero-order chi connectivity index (χ0) is 20.8. The average Bonchev–Trinajstić information content (AvgIpc) is 2.97. The molecule has 0 spiro atoms. The van der Waals surface area contributed by atoms with E-state index in [0.29, 0.717) is 18.0 Å². The number of nitrogens with one attached hydrogen (secondary N) is 1. The molecule has 3 rings (SSSR count). The number of ether oxygens (including phenoxy) is 1. The van der Waals surface area contributed by atoms with E-state index in [1.807, 2.05) is 12.1 Å². The molecule has 0 unspecified atom stereocenters. The van der Waals surface area contributed by atoms with E-state index < -0.39 is 11.9 Å². The van der Waals surface area contributed by atoms with Crippen LogP contribution >= 0.6 is 11.6 Å². The molecule has 2 atom stereocenters. The number of likely N-dealkylation sites (tertiary alicyclic amines) is 1. The third kappa shape index (κ3) is 5.56. The minimum atomic E-state index is -0.603. The van der Waals surface area contributed by atoms with Crippen molar-refractivity contribution in [1.29, 1.82) is 0 Å². The number of nitrogens with zero attached hydrogens (tertiary/aromatic N) is 1. The van der Waals surface area contributed by atoms with Crippen molar-refractivity contribution < 1.29 is 23.9 Å². The smallest absolute Gasteiger partial charge is 0.308 e. The molecule has 1 aromatic rings. The quantitative estimate of drug-likeness (QED) is 0.513. The molecule has 1 saturated heterocycles. The van der Waals surface area contributed by atoms with Crippen LogP contribution in [0.15, 0.2) is 24.3 Å². The van der Waals surface area contributed by atoms with Gasteiger partial charge in [0, 0.05) is 18.1 Å². The van der Waals surface area contributed by atoms with Crippen molar-refractivity contribution in [3.05, 3.63) is 34.9 Å². The first-order chi connectivity index (χ1) is 14.0. The molecule has 156 valence electrons. The molecule has 0 aromatic heterocycles. The van der Waals surface area contributed by atoms with Gasteiger partial charge in [-0.3, -0.25) is 24.1 Å². The first kappa shape index (κ1) is 21.3. The first-order valence-electron chi connectivity index (χ1n) is 9.97. The van der Waals surface area contributed by atoms with Gasteiger partial charge in [-0.2, -0.15) is 0 Å². The fraction of sp³-hybridized carbons (Fsp3) is 0.524. The lowest BCUT2D eigenvalue weighted by molar-refractivity contribution is -0.149. The molecule has 1 aromatic carbocycles. The third-order valence-corrected chi connectivity index (χ3v) is 5.74. The number of hydrogen-bond donors (Lipinski definition) is 1. The van der Waals surface area contributed by atoms with Crippen molar-refractivity contribution in [2.45, 2.75) is 38.5 Å². The van der Waals surface area contributed by atoms with Crippen LogP contribution in [-0.2, 0) is 30.3 Å². The van der Waals surface area contributed by atoms with Gasteiger partial charge in [-0.25, -0.2) is 0 Å². The van der Waals surface area contributed by atoms with Crippen molar-refractivity contribution in [1.82, 2.24) is 10.2 Å². The van der Waals surface area contributed by atoms with Crippen molar-refractivity contribution in [3.8, 4) is 0 Å². The topological polar surface area (TPSA) is 92.8 Å². The third-order valence-electron chi connectivity index (χ3n) is 5.49. The van der Waals surface area contributed by atoms with Gasteiger partial charge in [0.25, 0.3) is 5.91 Å². The van der Waals surface area contributed by atoms with Crippen LogP contribution in [0, 0.1) is 11.8 Å². The summed E-state index contributed by atoms with van der Waals surface area (Å²) in [4.78, 5) is 49.6. The number of hydrogen-bond acceptors (Lipinski definition) is 5. The molecular weight excluding hydrogens is 396 g/mol. The molecule has 3 amide bonds. The summed E-state index contributed by atoms with van der Waals surface area (Å²) in [6, 6.07) is 7.33. The van der Waals surface area contributed by atoms with E-state index in [4.69, 9.17) is 16.3 Å². The van der Waals surface area contributed by atoms with E-state index in [1.54, 1.807) is 12.1 Å². The van der Waals surface area contributed by atoms with E-state index in [0.717, 1.165) is 31.2 Å². The summed E-state index contributed by atoms with van der Waals surface area (Å²) in [5.41, 5.74) is 1.03. The summed E-state index contributed by atoms with van der Waals surface area (Å²) in [6.45, 7) is 0.0475. The van der Waals surface area contributed by atoms with Gasteiger partial charge >= 0.3 is 5.97 Å². The van der Waals surface area contributed by atoms with Crippen molar-refractivity contribution in [2.24, 2.45) is 11.8 Å². The molecule has 2 fully saturated rings. The Hall–Kier alpha value is -2.41. The second kappa shape index (κ2) is 9.87. The molecule has 1 saturated carbocycles. The van der Waals surface area contributed by atoms with E-state index in [9.17, 15) is 19.2 Å². The highest BCUT2D eigenvalue weighted by Gasteiger charge is 2.47. The van der Waals surface area contributed by atoms with Gasteiger partial charge in [0.1, 0.15) is 0 Å². The molecular formula is C21H25ClN2O5. The number of carbonyl (C=O) groups is 4. The monoisotopic (exact) mass is 420 g/mol. The Kier molecular flexibility index (Phi) is 7.25. The molecule has 2 aliphatic rings. The van der Waals surface area contributed by atoms with Crippen LogP contribution in [0.25, 0.3) is 0 Å². The van der Waals surface area contributed by atoms with Gasteiger partial charge in [-0.05, 0) is 37.0 Å². The van der Waals surface area contributed by atoms with Crippen molar-refractivity contribution in [2.75, 3.05) is 19.7 Å². The van der Waals surface area contributed by atoms with Gasteiger partial charge in [0.2, 0.25) is 11.8 Å². The lowest BCUT2D eigenvalue weighted by Gasteiger charge is -2.19. The Morgan fingerprint density at radius 2 is 1.69 bits per heavy atom. The lowest BCUT2D eigenvalue weighted by atomic mass is 9.81. The normalized spacial score (nSPS) is 21.1. The van der Waals surface area contributed by atoms with Crippen LogP contribution < -0.4 is 5.32 Å². The highest BCUT2D eigenvalue weighted by molar-refractivity contribution is 6.30. The van der Waals surface area contributed by atoms with Gasteiger partial charge < -0.3 is 10.1 Å². The summed E-state index contributed by atoms with van der Waals surface area (Å²) in [5.74, 6) is -1.79. The lowest BCUT2D eigenvalue weighted by Crippen LogP contribution is -2.34. The van der Waals surface area contributed by atoms with E-state index in [1.165, 1.54) is 4.90 Å². The number of imide groups is 1. The van der Waals surface area contributed by atoms with Crippen LogP contribution in [0.3, 0.4) is 0 Å². The number of benzene rings is 1. The van der Waals surface area contributed by atoms with E-state index >= 15 is 0 Å². The number of rotatable bonds is 8. The number of carbonyl (C=O) groups excluding carboxylic acids is 4. The second-order valence-electron chi connectivity index (χ2n) is 7.46. The molecule has 29 heavy (non-hydrogen) atoms. The molecule has 0 radical (unpaired) electrons. The standard InChI is InChI=1S/C21H25ClN2O5/c22-15-7-5-14(6-8-15)9-11-23-18(25)13-29-19(26)10-12-24-20(27)16-3-1-2-4-17(16)21(24)28/h5-8,16-17H,1-4,9-13H2,(H,23,25)/t16-,17-/m1/s1. The van der Waals surface area contributed by atoms with Crippen LogP contribution in [-0.4, -0.2) is 48.3 Å². The Morgan fingerprint density at radius 1 is 1.07 bits per heavy atom. The van der Waals surface area contributed by atoms with Gasteiger partial charge in [0.05, 0.1) is 18.3 Å². The van der Waals surface area contributed by atoms with Crippen LogP contribution in [0.2, 0.25) is 5.02 Å². The Labute approximate surface area is 174 Å². The van der Waals surface area contributed by atoms with Crippen molar-refractivity contribution >= 4 is 35.3 Å². The molecule has 1 N–H and O–H groups in total. The van der Waals surface area contributed by atoms with Crippen LogP contribution in [0.1, 0.15) is 37.7 Å². The fourth-order valence-corrected chi connectivity index (χ4v) is 4.05. The molecule has 0 bridgehead atoms. The van der Waals surface area contributed by atoms with Crippen LogP contribution in [0.5, 0.6) is 0 Å². The predicted octanol–water partition coefficient (Wildman–Crippen LogP) is 2.11. The molecule has 7 nitrogen and oxygen atoms in total. The average molecular weight is 421 g/mol. The van der Waals surface area contributed by atoms with Crippen LogP contribution in [0.4, 0.5) is 0 Å². The first-order valence-corrected chi connectivity index (χ1v) is 10.4. The largest absolute Gasteiger partial charge is 0.456 e. The minimum Gasteiger partial charge on any atom is -0.456 e. The maximum atomic E-state index is 12.4. The summed E-state index contributed by atoms with van der Waals surface area (Å²) in [7, 11) is 0. The Morgan fingerprint density at radius 3 is 2.31 bits per heavy atom. The summed E-state index contributed by atoms with van der Waals surface area (Å²) in [5, 5.41) is 3.33. The number of esters is 1. The van der Waals surface area contributed by atoms with Crippen molar-refractivity contribution in [3.63, 3.8) is 0 Å². The maximum absolute atomic E-state index is 12.4. The highest BCUT2D eigenvalue weighted by atomic mass is 35.5. The zero-order valence-electron chi connectivity index (χ0n) is 16.2. The summed E-state index contributed by atoms with van der Waals surface area (Å²) in [6.07, 6.45) is 3.94. The molecule has 1 aliphatic carbocycles. The molecule has 8 heteroatoms. The highest BCUT2D eigenvalue weighted by Crippen LogP contribution is 2.37. The van der Waals surface area contributed by atoms with Gasteiger partial charge in [-0.15, -0.1) is 0 Å². The Bertz CT molecular complexity index is 756. The molecule has 1 aliphatic heterocycles. The SMILES string of the molecule is O=C(COC(=O)CCN1C(=O)[C@@H]2CCCC[C@H]2C1=O)NCCc1ccc(Cl)cc1. The fourth-order valence-electron chi connectivity index (χ4n) is 3.92. The summed E-state index contributed by atoms with van der Waals surface area (Å²) >= 11 is 5.82. The Balaban J connectivity index is 1.33. The van der Waals surface area contributed by atoms with E-state index in [-0.39, 0.29) is 43.2 Å². The number of amides is 3. The van der Waals surface area contributed by atoms with E-state index in [2.05, 4.69) is 5.32 Å². The van der Waals surface area contributed by atoms with Gasteiger partial charge in [-0.1, -0.05) is 36.6 Å². The summed E-state index contributed by atoms with van der Waals surface area (Å²) < 4.78 is 4.95. The molecule has 1 heterocycles.